The molecule has 2 aromatic heterocycles. The molecule has 2 heterocycles. The summed E-state index contributed by atoms with van der Waals surface area (Å²) in [5, 5.41) is 7.04. The Morgan fingerprint density at radius 3 is 1.78 bits per heavy atom. The van der Waals surface area contributed by atoms with Crippen molar-refractivity contribution in [3.8, 4) is 0 Å². The molecule has 0 N–H and O–H groups in total. The van der Waals surface area contributed by atoms with Gasteiger partial charge in [-0.25, -0.2) is 0 Å². The van der Waals surface area contributed by atoms with Crippen molar-refractivity contribution in [3.05, 3.63) is 90.6 Å². The Kier molecular flexibility index (Phi) is 3.58. The molecule has 0 radical (unpaired) electrons. The topological polar surface area (TPSA) is 17.0 Å². The van der Waals surface area contributed by atoms with Crippen LogP contribution in [0.1, 0.15) is 5.56 Å². The van der Waals surface area contributed by atoms with Crippen LogP contribution in [-0.2, 0) is 7.05 Å². The van der Waals surface area contributed by atoms with Gasteiger partial charge in [-0.3, -0.25) is 0 Å². The molecule has 130 valence electrons. The van der Waals surface area contributed by atoms with E-state index in [1.54, 1.807) is 0 Å². The maximum Gasteiger partial charge on any atom is 0.381 e. The van der Waals surface area contributed by atoms with E-state index < -0.39 is 0 Å². The van der Waals surface area contributed by atoms with Crippen molar-refractivity contribution >= 4 is 43.6 Å². The molecule has 5 rings (SSSR count). The first-order valence-corrected chi connectivity index (χ1v) is 9.19. The number of rotatable bonds is 0. The predicted octanol–water partition coefficient (Wildman–Crippen LogP) is 6.15. The fourth-order valence-electron chi connectivity index (χ4n) is 3.93. The van der Waals surface area contributed by atoms with Crippen LogP contribution in [0.3, 0.4) is 0 Å². The molecule has 0 spiro atoms. The average molecular weight is 350 g/mol. The van der Waals surface area contributed by atoms with Crippen LogP contribution in [0, 0.1) is 6.92 Å². The SMILES string of the molecule is Cc1cccc2c1oc1c(ccc[n+]1C)c1ccccc1c1ccccc21. The number of nitrogens with zero attached hydrogens (tertiary/aromatic N) is 1. The van der Waals surface area contributed by atoms with E-state index in [2.05, 4.69) is 90.4 Å². The molecule has 0 saturated carbocycles. The van der Waals surface area contributed by atoms with Gasteiger partial charge in [0.1, 0.15) is 12.6 Å². The van der Waals surface area contributed by atoms with Crippen molar-refractivity contribution in [2.24, 2.45) is 7.05 Å². The number of aromatic nitrogens is 1. The smallest absolute Gasteiger partial charge is 0.381 e. The van der Waals surface area contributed by atoms with E-state index in [4.69, 9.17) is 4.42 Å². The lowest BCUT2D eigenvalue weighted by Crippen LogP contribution is -2.27. The summed E-state index contributed by atoms with van der Waals surface area (Å²) in [6, 6.07) is 27.7. The van der Waals surface area contributed by atoms with Crippen LogP contribution < -0.4 is 4.57 Å². The van der Waals surface area contributed by atoms with Gasteiger partial charge in [-0.1, -0.05) is 66.7 Å². The fourth-order valence-corrected chi connectivity index (χ4v) is 3.93. The molecule has 2 nitrogen and oxygen atoms in total. The summed E-state index contributed by atoms with van der Waals surface area (Å²) in [5.74, 6) is 0. The highest BCUT2D eigenvalue weighted by molar-refractivity contribution is 6.17. The minimum Gasteiger partial charge on any atom is -0.404 e. The third-order valence-electron chi connectivity index (χ3n) is 5.26. The zero-order valence-corrected chi connectivity index (χ0v) is 15.4. The first-order valence-electron chi connectivity index (χ1n) is 9.19. The van der Waals surface area contributed by atoms with E-state index in [1.165, 1.54) is 21.5 Å². The number of pyridine rings is 1. The summed E-state index contributed by atoms with van der Waals surface area (Å²) >= 11 is 0. The minimum atomic E-state index is 0.855. The molecular formula is C25H20NO+. The van der Waals surface area contributed by atoms with Crippen molar-refractivity contribution in [2.45, 2.75) is 6.92 Å². The normalized spacial score (nSPS) is 11.3. The van der Waals surface area contributed by atoms with E-state index in [-0.39, 0.29) is 0 Å². The quantitative estimate of drug-likeness (QED) is 0.306. The second-order valence-corrected chi connectivity index (χ2v) is 6.98. The summed E-state index contributed by atoms with van der Waals surface area (Å²) in [4.78, 5) is 0. The van der Waals surface area contributed by atoms with Gasteiger partial charge in [0.2, 0.25) is 0 Å². The molecular weight excluding hydrogens is 330 g/mol. The monoisotopic (exact) mass is 350 g/mol. The summed E-state index contributed by atoms with van der Waals surface area (Å²) in [5.41, 5.74) is 2.90. The van der Waals surface area contributed by atoms with Crippen LogP contribution in [-0.4, -0.2) is 0 Å². The predicted molar refractivity (Wildman–Crippen MR) is 112 cm³/mol. The first-order chi connectivity index (χ1) is 13.2. The lowest BCUT2D eigenvalue weighted by atomic mass is 10.0. The summed E-state index contributed by atoms with van der Waals surface area (Å²) in [6.45, 7) is 2.11. The van der Waals surface area contributed by atoms with Gasteiger partial charge < -0.3 is 4.42 Å². The molecule has 0 saturated heterocycles. The molecule has 2 heteroatoms. The Morgan fingerprint density at radius 2 is 1.11 bits per heavy atom. The Balaban J connectivity index is 2.30. The standard InChI is InChI=1S/C25H20NO/c1-17-9-7-14-22-20-12-5-3-10-18(20)19-11-4-6-13-21(19)23-15-8-16-26(2)25(23)27-24(17)22/h3-16H,1-2H3/q+1. The van der Waals surface area contributed by atoms with Gasteiger partial charge >= 0.3 is 5.71 Å². The number of fused-ring (bicyclic) bond motifs is 7. The lowest BCUT2D eigenvalue weighted by molar-refractivity contribution is -0.651. The molecule has 0 fully saturated rings. The largest absolute Gasteiger partial charge is 0.404 e. The van der Waals surface area contributed by atoms with Crippen molar-refractivity contribution in [2.75, 3.05) is 0 Å². The van der Waals surface area contributed by atoms with Gasteiger partial charge in [0.05, 0.1) is 5.39 Å². The highest BCUT2D eigenvalue weighted by Crippen LogP contribution is 2.32. The summed E-state index contributed by atoms with van der Waals surface area (Å²) < 4.78 is 8.65. The van der Waals surface area contributed by atoms with E-state index in [0.29, 0.717) is 0 Å². The van der Waals surface area contributed by atoms with Crippen LogP contribution in [0.2, 0.25) is 0 Å². The Morgan fingerprint density at radius 1 is 0.593 bits per heavy atom. The van der Waals surface area contributed by atoms with Gasteiger partial charge in [0.15, 0.2) is 6.20 Å². The third-order valence-corrected chi connectivity index (χ3v) is 5.26. The maximum absolute atomic E-state index is 6.60. The molecule has 5 aromatic rings. The first kappa shape index (κ1) is 15.8. The van der Waals surface area contributed by atoms with Crippen molar-refractivity contribution < 1.29 is 8.98 Å². The molecule has 0 unspecified atom stereocenters. The maximum atomic E-state index is 6.60. The number of hydrogen-bond donors (Lipinski definition) is 0. The van der Waals surface area contributed by atoms with E-state index >= 15 is 0 Å². The molecule has 0 aliphatic rings. The van der Waals surface area contributed by atoms with Crippen LogP contribution in [0.5, 0.6) is 0 Å². The number of benzene rings is 3. The van der Waals surface area contributed by atoms with Gasteiger partial charge in [0.25, 0.3) is 0 Å². The average Bonchev–Trinajstić information content (AvgIpc) is 2.75. The number of aryl methyl sites for hydroxylation is 2. The zero-order valence-electron chi connectivity index (χ0n) is 15.4. The highest BCUT2D eigenvalue weighted by Gasteiger charge is 2.12. The van der Waals surface area contributed by atoms with Gasteiger partial charge in [-0.15, -0.1) is 0 Å². The van der Waals surface area contributed by atoms with Crippen molar-refractivity contribution in [1.82, 2.24) is 0 Å². The fraction of sp³-hybridized carbons (Fsp3) is 0.0800. The molecule has 0 bridgehead atoms. The van der Waals surface area contributed by atoms with E-state index in [0.717, 1.165) is 27.6 Å². The van der Waals surface area contributed by atoms with E-state index in [1.807, 2.05) is 13.2 Å². The van der Waals surface area contributed by atoms with Gasteiger partial charge in [0, 0.05) is 11.5 Å². The second kappa shape index (κ2) is 6.10. The number of para-hydroxylation sites is 1. The zero-order chi connectivity index (χ0) is 18.4. The Bertz CT molecular complexity index is 1290. The molecule has 27 heavy (non-hydrogen) atoms. The summed E-state index contributed by atoms with van der Waals surface area (Å²) in [6.07, 6.45) is 2.03. The van der Waals surface area contributed by atoms with Crippen LogP contribution >= 0.6 is 0 Å². The lowest BCUT2D eigenvalue weighted by Gasteiger charge is -2.02. The summed E-state index contributed by atoms with van der Waals surface area (Å²) in [7, 11) is 2.03. The van der Waals surface area contributed by atoms with Crippen LogP contribution in [0.25, 0.3) is 43.6 Å². The van der Waals surface area contributed by atoms with Crippen molar-refractivity contribution in [1.29, 1.82) is 0 Å². The molecule has 0 aliphatic heterocycles. The van der Waals surface area contributed by atoms with Crippen LogP contribution in [0.4, 0.5) is 0 Å². The van der Waals surface area contributed by atoms with Gasteiger partial charge in [-0.2, -0.15) is 4.57 Å². The Hall–Kier alpha value is -3.39. The molecule has 0 aliphatic carbocycles. The number of hydrogen-bond acceptors (Lipinski definition) is 1. The second-order valence-electron chi connectivity index (χ2n) is 6.98. The van der Waals surface area contributed by atoms with Gasteiger partial charge in [-0.05, 0) is 40.1 Å². The molecule has 0 atom stereocenters. The highest BCUT2D eigenvalue weighted by atomic mass is 16.3. The van der Waals surface area contributed by atoms with E-state index in [9.17, 15) is 0 Å². The third kappa shape index (κ3) is 2.45. The Labute approximate surface area is 157 Å². The van der Waals surface area contributed by atoms with Crippen LogP contribution in [0.15, 0.2) is 89.5 Å². The van der Waals surface area contributed by atoms with Crippen molar-refractivity contribution in [3.63, 3.8) is 0 Å². The molecule has 0 amide bonds. The minimum absolute atomic E-state index is 0.855. The molecule has 3 aromatic carbocycles.